The standard InChI is InChI=1S/C31H34ClN5O13S3/c1-29(2,3)49-28(48)36(23(43)21(41)13-8-17(38)18(39)10-15(13)32)6-7-52-31(26(46)47)12-37-22(42)14(24(37)53-31)9-19(40)20(16-11-51-27(33)34-16)35-50-30(4,5)25(44)45/h8,10-11,14,24,38-39H,6-7,9,12H2,1-5H3,(H2,33,34)(H,44,45)(H,46,47)/b35-20-/t14-,24-,31-/m1/s1. The summed E-state index contributed by atoms with van der Waals surface area (Å²) in [6.07, 6.45) is -1.69. The van der Waals surface area contributed by atoms with Crippen LogP contribution in [0.1, 0.15) is 57.1 Å². The Hall–Kier alpha value is -4.60. The van der Waals surface area contributed by atoms with Crippen molar-refractivity contribution in [2.24, 2.45) is 11.1 Å². The van der Waals surface area contributed by atoms with Crippen LogP contribution < -0.4 is 5.73 Å². The fourth-order valence-electron chi connectivity index (χ4n) is 4.80. The number of Topliss-reactive ketones (excluding diaryl/α,β-unsaturated/α-hetero) is 2. The third-order valence-corrected chi connectivity index (χ3v) is 11.9. The van der Waals surface area contributed by atoms with Gasteiger partial charge in [-0.2, -0.15) is 0 Å². The highest BCUT2D eigenvalue weighted by atomic mass is 35.5. The minimum atomic E-state index is -1.83. The number of anilines is 1. The summed E-state index contributed by atoms with van der Waals surface area (Å²) in [6, 6.07) is 1.59. The fourth-order valence-corrected chi connectivity index (χ4v) is 8.76. The lowest BCUT2D eigenvalue weighted by Crippen LogP contribution is -2.57. The highest BCUT2D eigenvalue weighted by molar-refractivity contribution is 8.20. The number of carboxylic acid groups (broad SMARTS) is 2. The average molecular weight is 816 g/mol. The number of oxime groups is 1. The molecule has 0 saturated carbocycles. The van der Waals surface area contributed by atoms with Crippen LogP contribution in [0.2, 0.25) is 5.02 Å². The van der Waals surface area contributed by atoms with E-state index in [0.717, 1.165) is 47.0 Å². The van der Waals surface area contributed by atoms with Crippen LogP contribution in [0, 0.1) is 5.92 Å². The molecule has 2 saturated heterocycles. The number of thioether (sulfide) groups is 2. The molecule has 4 rings (SSSR count). The zero-order chi connectivity index (χ0) is 39.8. The second-order valence-corrected chi connectivity index (χ2v) is 17.5. The van der Waals surface area contributed by atoms with Gasteiger partial charge in [0.1, 0.15) is 11.3 Å². The number of ketones is 2. The zero-order valence-electron chi connectivity index (χ0n) is 28.6. The minimum absolute atomic E-state index is 0.0103. The molecule has 3 amide bonds. The van der Waals surface area contributed by atoms with Gasteiger partial charge in [0.15, 0.2) is 32.2 Å². The van der Waals surface area contributed by atoms with Gasteiger partial charge in [-0.3, -0.25) is 19.2 Å². The van der Waals surface area contributed by atoms with Crippen LogP contribution in [0.25, 0.3) is 0 Å². The normalized spacial score (nSPS) is 19.9. The first-order valence-corrected chi connectivity index (χ1v) is 18.5. The maximum atomic E-state index is 13.5. The van der Waals surface area contributed by atoms with Crippen LogP contribution in [-0.4, -0.2) is 122 Å². The predicted molar refractivity (Wildman–Crippen MR) is 192 cm³/mol. The lowest BCUT2D eigenvalue weighted by Gasteiger charge is -2.41. The van der Waals surface area contributed by atoms with Crippen LogP contribution >= 0.6 is 46.5 Å². The SMILES string of the molecule is CC(C)(C)OC(=O)N(CCS[C@]1(C(=O)O)CN2C(=O)[C@@H](CC(=O)/C(=N\OC(C)(C)C(=O)O)c3csc(N)n3)[C@H]2S1)C(=O)C(=O)c1cc(O)c(O)cc1Cl. The number of aliphatic carboxylic acids is 2. The Balaban J connectivity index is 1.51. The summed E-state index contributed by atoms with van der Waals surface area (Å²) in [4.78, 5) is 101. The molecule has 286 valence electrons. The molecule has 3 atom stereocenters. The molecule has 0 unspecified atom stereocenters. The Morgan fingerprint density at radius 2 is 1.77 bits per heavy atom. The number of rotatable bonds is 14. The summed E-state index contributed by atoms with van der Waals surface area (Å²) in [5.74, 6) is -9.41. The van der Waals surface area contributed by atoms with Crippen LogP contribution in [-0.2, 0) is 33.5 Å². The zero-order valence-corrected chi connectivity index (χ0v) is 31.9. The molecule has 2 aromatic rings. The lowest BCUT2D eigenvalue weighted by atomic mass is 9.90. The van der Waals surface area contributed by atoms with Crippen molar-refractivity contribution >= 4 is 98.7 Å². The molecule has 0 radical (unpaired) electrons. The number of ether oxygens (including phenoxy) is 1. The summed E-state index contributed by atoms with van der Waals surface area (Å²) >= 11 is 8.64. The molecule has 18 nitrogen and oxygen atoms in total. The summed E-state index contributed by atoms with van der Waals surface area (Å²) in [7, 11) is 0. The number of carboxylic acids is 2. The quantitative estimate of drug-likeness (QED) is 0.0458. The predicted octanol–water partition coefficient (Wildman–Crippen LogP) is 3.03. The van der Waals surface area contributed by atoms with E-state index in [9.17, 15) is 54.0 Å². The lowest BCUT2D eigenvalue weighted by molar-refractivity contribution is -0.161. The maximum Gasteiger partial charge on any atom is 0.417 e. The summed E-state index contributed by atoms with van der Waals surface area (Å²) in [5, 5.41) is 43.3. The highest BCUT2D eigenvalue weighted by Crippen LogP contribution is 2.55. The van der Waals surface area contributed by atoms with E-state index in [1.165, 1.54) is 44.9 Å². The van der Waals surface area contributed by atoms with Gasteiger partial charge < -0.3 is 40.6 Å². The van der Waals surface area contributed by atoms with Crippen LogP contribution in [0.3, 0.4) is 0 Å². The number of nitrogens with zero attached hydrogens (tertiary/aromatic N) is 4. The number of nitrogen functional groups attached to an aromatic ring is 1. The Bertz CT molecular complexity index is 1910. The van der Waals surface area contributed by atoms with Crippen molar-refractivity contribution in [1.29, 1.82) is 0 Å². The molecular weight excluding hydrogens is 782 g/mol. The summed E-state index contributed by atoms with van der Waals surface area (Å²) < 4.78 is 3.57. The van der Waals surface area contributed by atoms with Crippen LogP contribution in [0.4, 0.5) is 9.93 Å². The van der Waals surface area contributed by atoms with Gasteiger partial charge in [-0.15, -0.1) is 34.9 Å². The molecule has 3 heterocycles. The third kappa shape index (κ3) is 8.96. The van der Waals surface area contributed by atoms with Crippen molar-refractivity contribution in [3.8, 4) is 11.5 Å². The Labute approximate surface area is 318 Å². The summed E-state index contributed by atoms with van der Waals surface area (Å²) in [6.45, 7) is 6.11. The van der Waals surface area contributed by atoms with E-state index < -0.39 is 103 Å². The number of hydrogen-bond donors (Lipinski definition) is 5. The fraction of sp³-hybridized carbons (Fsp3) is 0.452. The number of amides is 3. The number of fused-ring (bicyclic) bond motifs is 1. The molecule has 53 heavy (non-hydrogen) atoms. The third-order valence-electron chi connectivity index (χ3n) is 7.59. The van der Waals surface area contributed by atoms with Gasteiger partial charge in [0.25, 0.3) is 5.78 Å². The van der Waals surface area contributed by atoms with Gasteiger partial charge in [-0.1, -0.05) is 16.8 Å². The Morgan fingerprint density at radius 3 is 2.34 bits per heavy atom. The first-order valence-electron chi connectivity index (χ1n) is 15.4. The molecule has 1 aromatic carbocycles. The number of halogens is 1. The Morgan fingerprint density at radius 1 is 1.13 bits per heavy atom. The molecule has 2 aliphatic heterocycles. The Kier molecular flexibility index (Phi) is 12.0. The largest absolute Gasteiger partial charge is 0.504 e. The van der Waals surface area contributed by atoms with Gasteiger partial charge in [0.2, 0.25) is 11.5 Å². The van der Waals surface area contributed by atoms with E-state index in [1.54, 1.807) is 0 Å². The van der Waals surface area contributed by atoms with Crippen LogP contribution in [0.15, 0.2) is 22.7 Å². The molecule has 6 N–H and O–H groups in total. The number of benzene rings is 1. The molecule has 0 bridgehead atoms. The van der Waals surface area contributed by atoms with Crippen LogP contribution in [0.5, 0.6) is 11.5 Å². The van der Waals surface area contributed by atoms with E-state index in [0.29, 0.717) is 4.90 Å². The molecule has 0 aliphatic carbocycles. The molecule has 1 aromatic heterocycles. The number of thiazole rings is 1. The van der Waals surface area contributed by atoms with E-state index in [-0.39, 0.29) is 28.8 Å². The molecule has 22 heteroatoms. The molecular formula is C31H34ClN5O13S3. The second-order valence-electron chi connectivity index (χ2n) is 13.1. The number of hydrogen-bond acceptors (Lipinski definition) is 17. The van der Waals surface area contributed by atoms with E-state index in [1.807, 2.05) is 0 Å². The van der Waals surface area contributed by atoms with Gasteiger partial charge in [-0.05, 0) is 40.7 Å². The van der Waals surface area contributed by atoms with Gasteiger partial charge >= 0.3 is 23.9 Å². The van der Waals surface area contributed by atoms with E-state index in [4.69, 9.17) is 26.9 Å². The summed E-state index contributed by atoms with van der Waals surface area (Å²) in [5.41, 5.74) is 1.86. The van der Waals surface area contributed by atoms with Crippen molar-refractivity contribution in [2.45, 2.75) is 61.7 Å². The van der Waals surface area contributed by atoms with Gasteiger partial charge in [0, 0.05) is 30.2 Å². The average Bonchev–Trinajstić information content (AvgIpc) is 3.64. The highest BCUT2D eigenvalue weighted by Gasteiger charge is 2.62. The minimum Gasteiger partial charge on any atom is -0.504 e. The smallest absolute Gasteiger partial charge is 0.417 e. The molecule has 2 aliphatic rings. The second kappa shape index (κ2) is 15.4. The monoisotopic (exact) mass is 815 g/mol. The van der Waals surface area contributed by atoms with Crippen molar-refractivity contribution in [3.63, 3.8) is 0 Å². The first kappa shape index (κ1) is 41.2. The number of imide groups is 1. The van der Waals surface area contributed by atoms with Gasteiger partial charge in [-0.25, -0.2) is 24.3 Å². The maximum absolute atomic E-state index is 13.5. The number of aromatic hydroxyl groups is 2. The van der Waals surface area contributed by atoms with E-state index in [2.05, 4.69) is 10.1 Å². The van der Waals surface area contributed by atoms with Crippen molar-refractivity contribution < 1.29 is 63.6 Å². The van der Waals surface area contributed by atoms with Crippen molar-refractivity contribution in [1.82, 2.24) is 14.8 Å². The number of aromatic nitrogens is 1. The van der Waals surface area contributed by atoms with E-state index >= 15 is 0 Å². The number of carbonyl (C=O) groups is 7. The number of β-lactam (4-membered cyclic amide) rings is 1. The number of nitrogens with two attached hydrogens (primary N) is 1. The number of carbonyl (C=O) groups excluding carboxylic acids is 5. The van der Waals surface area contributed by atoms with Crippen molar-refractivity contribution in [2.75, 3.05) is 24.6 Å². The van der Waals surface area contributed by atoms with Gasteiger partial charge in [0.05, 0.1) is 28.4 Å². The molecule has 2 fully saturated rings. The molecule has 0 spiro atoms. The number of phenolic OH excluding ortho intramolecular Hbond substituents is 2. The number of phenols is 2. The topological polar surface area (TPSA) is 277 Å². The van der Waals surface area contributed by atoms with Crippen molar-refractivity contribution in [3.05, 3.63) is 33.8 Å². The first-order chi connectivity index (χ1) is 24.5.